The molecule has 2 atom stereocenters. The van der Waals surface area contributed by atoms with Gasteiger partial charge in [0.25, 0.3) is 0 Å². The molecule has 0 spiro atoms. The van der Waals surface area contributed by atoms with Crippen molar-refractivity contribution in [2.24, 2.45) is 0 Å². The molecule has 2 heterocycles. The van der Waals surface area contributed by atoms with Crippen LogP contribution >= 0.6 is 0 Å². The number of nitrogens with one attached hydrogen (secondary N) is 1. The van der Waals surface area contributed by atoms with Crippen LogP contribution in [0.25, 0.3) is 6.08 Å². The fourth-order valence-electron chi connectivity index (χ4n) is 4.98. The largest absolute Gasteiger partial charge is 0.464 e. The molecule has 0 radical (unpaired) electrons. The number of carbonyl (C=O) groups excluding carboxylic acids is 2. The zero-order chi connectivity index (χ0) is 27.0. The lowest BCUT2D eigenvalue weighted by molar-refractivity contribution is -0.125. The third kappa shape index (κ3) is 6.30. The van der Waals surface area contributed by atoms with Gasteiger partial charge in [-0.05, 0) is 23.1 Å². The number of carbonyl (C=O) groups is 2. The summed E-state index contributed by atoms with van der Waals surface area (Å²) in [7, 11) is 1.31. The maximum atomic E-state index is 13.9. The summed E-state index contributed by atoms with van der Waals surface area (Å²) in [6.45, 7) is 1.17. The van der Waals surface area contributed by atoms with Crippen LogP contribution in [-0.4, -0.2) is 58.0 Å². The Bertz CT molecular complexity index is 1370. The topological polar surface area (TPSA) is 89.4 Å². The van der Waals surface area contributed by atoms with E-state index < -0.39 is 12.0 Å². The van der Waals surface area contributed by atoms with Crippen molar-refractivity contribution in [3.63, 3.8) is 0 Å². The highest BCUT2D eigenvalue weighted by Crippen LogP contribution is 2.29. The van der Waals surface area contributed by atoms with Gasteiger partial charge < -0.3 is 10.1 Å². The number of methoxy groups -OCH3 is 1. The van der Waals surface area contributed by atoms with Crippen molar-refractivity contribution in [2.75, 3.05) is 20.2 Å². The van der Waals surface area contributed by atoms with Crippen LogP contribution in [0.1, 0.15) is 45.7 Å². The number of nitrogens with zero attached hydrogens (tertiary/aromatic N) is 4. The number of likely N-dealkylation sites (tertiary alicyclic amines) is 1. The first-order chi connectivity index (χ1) is 19.1. The number of aromatic nitrogens is 3. The molecule has 0 bridgehead atoms. The molecule has 1 aromatic heterocycles. The molecule has 0 unspecified atom stereocenters. The van der Waals surface area contributed by atoms with E-state index in [4.69, 9.17) is 4.74 Å². The zero-order valence-corrected chi connectivity index (χ0v) is 21.8. The van der Waals surface area contributed by atoms with Crippen molar-refractivity contribution in [2.45, 2.75) is 24.5 Å². The van der Waals surface area contributed by atoms with Crippen LogP contribution in [0.2, 0.25) is 0 Å². The molecule has 1 amide bonds. The smallest absolute Gasteiger partial charge is 0.360 e. The molecular weight excluding hydrogens is 490 g/mol. The van der Waals surface area contributed by atoms with Crippen molar-refractivity contribution in [3.05, 3.63) is 126 Å². The summed E-state index contributed by atoms with van der Waals surface area (Å²) < 4.78 is 6.44. The van der Waals surface area contributed by atoms with E-state index in [1.807, 2.05) is 91.0 Å². The number of benzene rings is 3. The monoisotopic (exact) mass is 521 g/mol. The second-order valence-electron chi connectivity index (χ2n) is 9.51. The minimum atomic E-state index is -0.537. The molecule has 1 N–H and O–H groups in total. The Hall–Kier alpha value is -4.56. The highest BCUT2D eigenvalue weighted by molar-refractivity contribution is 5.86. The molecule has 8 nitrogen and oxygen atoms in total. The first-order valence-electron chi connectivity index (χ1n) is 13.0. The molecule has 4 aromatic rings. The summed E-state index contributed by atoms with van der Waals surface area (Å²) in [4.78, 5) is 28.0. The average Bonchev–Trinajstić information content (AvgIpc) is 3.65. The predicted molar refractivity (Wildman–Crippen MR) is 149 cm³/mol. The lowest BCUT2D eigenvalue weighted by atomic mass is 9.98. The summed E-state index contributed by atoms with van der Waals surface area (Å²) in [5, 5.41) is 11.4. The van der Waals surface area contributed by atoms with Crippen molar-refractivity contribution < 1.29 is 14.3 Å². The maximum Gasteiger partial charge on any atom is 0.360 e. The molecule has 1 aliphatic rings. The first kappa shape index (κ1) is 26.1. The Kier molecular flexibility index (Phi) is 8.23. The number of rotatable bonds is 9. The van der Waals surface area contributed by atoms with E-state index in [9.17, 15) is 9.59 Å². The van der Waals surface area contributed by atoms with E-state index in [-0.39, 0.29) is 23.7 Å². The number of hydrogen-bond donors (Lipinski definition) is 1. The van der Waals surface area contributed by atoms with Gasteiger partial charge in [-0.3, -0.25) is 9.69 Å². The molecule has 198 valence electrons. The molecule has 1 fully saturated rings. The standard InChI is InChI=1S/C31H31N5O3/c1-39-31(38)27-22-36(34-33-27)26-20-28(35(21-26)19-11-14-23-12-5-2-6-13-23)30(37)32-29(24-15-7-3-8-16-24)25-17-9-4-10-18-25/h2-18,22,26,28-29H,19-21H2,1H3,(H,32,37)/b14-11+/t26-,28+/m1/s1. The van der Waals surface area contributed by atoms with Crippen molar-refractivity contribution >= 4 is 18.0 Å². The average molecular weight is 522 g/mol. The molecule has 0 aliphatic carbocycles. The van der Waals surface area contributed by atoms with E-state index in [2.05, 4.69) is 32.7 Å². The Morgan fingerprint density at radius 3 is 2.21 bits per heavy atom. The van der Waals surface area contributed by atoms with Gasteiger partial charge in [-0.2, -0.15) is 0 Å². The van der Waals surface area contributed by atoms with Crippen LogP contribution < -0.4 is 5.32 Å². The van der Waals surface area contributed by atoms with Crippen LogP contribution in [0.4, 0.5) is 0 Å². The van der Waals surface area contributed by atoms with Gasteiger partial charge in [0.05, 0.1) is 31.4 Å². The van der Waals surface area contributed by atoms with Crippen LogP contribution in [0.3, 0.4) is 0 Å². The van der Waals surface area contributed by atoms with Gasteiger partial charge in [0.15, 0.2) is 5.69 Å². The second-order valence-corrected chi connectivity index (χ2v) is 9.51. The number of hydrogen-bond acceptors (Lipinski definition) is 6. The van der Waals surface area contributed by atoms with Gasteiger partial charge in [0, 0.05) is 13.1 Å². The Morgan fingerprint density at radius 2 is 1.59 bits per heavy atom. The fraction of sp³-hybridized carbons (Fsp3) is 0.226. The Labute approximate surface area is 227 Å². The fourth-order valence-corrected chi connectivity index (χ4v) is 4.98. The molecule has 5 rings (SSSR count). The molecule has 3 aromatic carbocycles. The summed E-state index contributed by atoms with van der Waals surface area (Å²) in [5.41, 5.74) is 3.28. The van der Waals surface area contributed by atoms with E-state index in [1.54, 1.807) is 10.9 Å². The molecular formula is C31H31N5O3. The molecule has 1 saturated heterocycles. The third-order valence-electron chi connectivity index (χ3n) is 6.97. The minimum absolute atomic E-state index is 0.0587. The number of amides is 1. The van der Waals surface area contributed by atoms with Gasteiger partial charge in [-0.1, -0.05) is 108 Å². The summed E-state index contributed by atoms with van der Waals surface area (Å²) >= 11 is 0. The van der Waals surface area contributed by atoms with Crippen molar-refractivity contribution in [3.8, 4) is 0 Å². The van der Waals surface area contributed by atoms with E-state index in [1.165, 1.54) is 7.11 Å². The van der Waals surface area contributed by atoms with Crippen molar-refractivity contribution in [1.82, 2.24) is 25.2 Å². The predicted octanol–water partition coefficient (Wildman–Crippen LogP) is 4.30. The van der Waals surface area contributed by atoms with E-state index in [0.717, 1.165) is 16.7 Å². The van der Waals surface area contributed by atoms with E-state index >= 15 is 0 Å². The first-order valence-corrected chi connectivity index (χ1v) is 13.0. The summed E-state index contributed by atoms with van der Waals surface area (Å²) in [5.74, 6) is -0.596. The highest BCUT2D eigenvalue weighted by atomic mass is 16.5. The summed E-state index contributed by atoms with van der Waals surface area (Å²) in [6.07, 6.45) is 6.26. The van der Waals surface area contributed by atoms with Crippen LogP contribution in [0, 0.1) is 0 Å². The van der Waals surface area contributed by atoms with Gasteiger partial charge in [-0.15, -0.1) is 5.10 Å². The lowest BCUT2D eigenvalue weighted by Crippen LogP contribution is -2.44. The normalized spacial score (nSPS) is 17.5. The SMILES string of the molecule is COC(=O)c1cn([C@@H]2C[C@@H](C(=O)NC(c3ccccc3)c3ccccc3)N(C/C=C/c3ccccc3)C2)nn1. The molecule has 0 saturated carbocycles. The molecule has 8 heteroatoms. The molecule has 39 heavy (non-hydrogen) atoms. The van der Waals surface area contributed by atoms with Crippen LogP contribution in [0.5, 0.6) is 0 Å². The maximum absolute atomic E-state index is 13.9. The van der Waals surface area contributed by atoms with Crippen LogP contribution in [-0.2, 0) is 9.53 Å². The Balaban J connectivity index is 1.38. The second kappa shape index (κ2) is 12.3. The van der Waals surface area contributed by atoms with Crippen molar-refractivity contribution in [1.29, 1.82) is 0 Å². The zero-order valence-electron chi connectivity index (χ0n) is 21.8. The summed E-state index contributed by atoms with van der Waals surface area (Å²) in [6, 6.07) is 29.2. The van der Waals surface area contributed by atoms with Gasteiger partial charge >= 0.3 is 5.97 Å². The van der Waals surface area contributed by atoms with Gasteiger partial charge in [0.1, 0.15) is 0 Å². The lowest BCUT2D eigenvalue weighted by Gasteiger charge is -2.26. The van der Waals surface area contributed by atoms with Crippen LogP contribution in [0.15, 0.2) is 103 Å². The number of esters is 1. The molecule has 1 aliphatic heterocycles. The van der Waals surface area contributed by atoms with E-state index in [0.29, 0.717) is 19.5 Å². The van der Waals surface area contributed by atoms with Gasteiger partial charge in [-0.25, -0.2) is 9.48 Å². The minimum Gasteiger partial charge on any atom is -0.464 e. The number of ether oxygens (including phenoxy) is 1. The third-order valence-corrected chi connectivity index (χ3v) is 6.97. The Morgan fingerprint density at radius 1 is 0.974 bits per heavy atom. The quantitative estimate of drug-likeness (QED) is 0.331. The highest BCUT2D eigenvalue weighted by Gasteiger charge is 2.38. The van der Waals surface area contributed by atoms with Gasteiger partial charge in [0.2, 0.25) is 5.91 Å².